The number of hydrogen-bond donors (Lipinski definition) is 3. The molecule has 0 bridgehead atoms. The molecule has 5 rings (SSSR count). The van der Waals surface area contributed by atoms with E-state index in [2.05, 4.69) is 4.98 Å². The summed E-state index contributed by atoms with van der Waals surface area (Å²) in [5.74, 6) is -0.167. The highest BCUT2D eigenvalue weighted by Crippen LogP contribution is 2.43. The van der Waals surface area contributed by atoms with Crippen LogP contribution in [0.25, 0.3) is 10.9 Å². The third-order valence-electron chi connectivity index (χ3n) is 6.87. The Balaban J connectivity index is 1.70. The minimum atomic E-state index is -1.03. The van der Waals surface area contributed by atoms with E-state index < -0.39 is 17.3 Å². The first-order valence-electron chi connectivity index (χ1n) is 10.9. The van der Waals surface area contributed by atoms with Crippen LogP contribution in [-0.2, 0) is 16.0 Å². The minimum Gasteiger partial charge on any atom is -0.595 e. The van der Waals surface area contributed by atoms with Crippen molar-refractivity contribution >= 4 is 28.4 Å². The summed E-state index contributed by atoms with van der Waals surface area (Å²) < 4.78 is 0. The zero-order chi connectivity index (χ0) is 22.6. The number of carbonyl (C=O) groups is 2. The Hall–Kier alpha value is -3.20. The van der Waals surface area contributed by atoms with Gasteiger partial charge in [0.25, 0.3) is 0 Å². The maximum Gasteiger partial charge on any atom is 0.246 e. The summed E-state index contributed by atoms with van der Waals surface area (Å²) in [5, 5.41) is 21.1. The van der Waals surface area contributed by atoms with E-state index in [0.717, 1.165) is 28.6 Å². The molecule has 3 aromatic rings. The van der Waals surface area contributed by atoms with Crippen molar-refractivity contribution in [3.05, 3.63) is 70.6 Å². The molecule has 1 fully saturated rings. The molecule has 166 valence electrons. The minimum absolute atomic E-state index is 0.0215. The molecule has 0 saturated carbocycles. The van der Waals surface area contributed by atoms with E-state index in [1.54, 1.807) is 21.9 Å². The van der Waals surface area contributed by atoms with E-state index in [4.69, 9.17) is 0 Å². The Kier molecular flexibility index (Phi) is 5.00. The van der Waals surface area contributed by atoms with Crippen LogP contribution >= 0.6 is 0 Å². The lowest BCUT2D eigenvalue weighted by Gasteiger charge is -2.48. The molecule has 3 N–H and O–H groups in total. The predicted octanol–water partition coefficient (Wildman–Crippen LogP) is 2.05. The third-order valence-corrected chi connectivity index (χ3v) is 6.87. The standard InChI is InChI=1S/C24H26N4O4/c1-3-14(2)26-13-21(29)27-20(24(26)30)12-18-17-9-4-5-10-19(17)25-22(18)23(27)15-7-6-8-16(11-15)28(31)32/h4-11,14,20,23,25,28,31H,3,12-13H2,1-2H3. The summed E-state index contributed by atoms with van der Waals surface area (Å²) >= 11 is 0. The quantitative estimate of drug-likeness (QED) is 0.547. The Morgan fingerprint density at radius 3 is 2.75 bits per heavy atom. The zero-order valence-corrected chi connectivity index (χ0v) is 18.0. The number of aromatic nitrogens is 1. The van der Waals surface area contributed by atoms with Crippen LogP contribution in [0, 0.1) is 5.21 Å². The maximum atomic E-state index is 13.6. The van der Waals surface area contributed by atoms with Gasteiger partial charge in [0.05, 0.1) is 6.04 Å². The largest absolute Gasteiger partial charge is 0.595 e. The second-order valence-electron chi connectivity index (χ2n) is 8.64. The van der Waals surface area contributed by atoms with E-state index in [1.165, 1.54) is 6.07 Å². The van der Waals surface area contributed by atoms with Gasteiger partial charge < -0.3 is 20.0 Å². The molecule has 4 atom stereocenters. The van der Waals surface area contributed by atoms with Crippen molar-refractivity contribution in [3.8, 4) is 0 Å². The van der Waals surface area contributed by atoms with Gasteiger partial charge in [0.2, 0.25) is 11.8 Å². The topological polar surface area (TPSA) is 104 Å². The number of H-pyrrole nitrogens is 1. The molecule has 1 saturated heterocycles. The van der Waals surface area contributed by atoms with Gasteiger partial charge >= 0.3 is 0 Å². The van der Waals surface area contributed by atoms with Crippen molar-refractivity contribution < 1.29 is 20.0 Å². The van der Waals surface area contributed by atoms with Gasteiger partial charge in [-0.3, -0.25) is 9.59 Å². The van der Waals surface area contributed by atoms with Gasteiger partial charge in [-0.1, -0.05) is 37.3 Å². The lowest BCUT2D eigenvalue weighted by molar-refractivity contribution is -0.991. The number of fused-ring (bicyclic) bond motifs is 4. The highest BCUT2D eigenvalue weighted by atomic mass is 16.8. The second-order valence-corrected chi connectivity index (χ2v) is 8.64. The van der Waals surface area contributed by atoms with Gasteiger partial charge in [0, 0.05) is 41.2 Å². The van der Waals surface area contributed by atoms with Crippen LogP contribution < -0.4 is 5.23 Å². The fraction of sp³-hybridized carbons (Fsp3) is 0.333. The normalized spacial score (nSPS) is 22.6. The lowest BCUT2D eigenvalue weighted by Crippen LogP contribution is -2.99. The van der Waals surface area contributed by atoms with Gasteiger partial charge in [-0.25, -0.2) is 5.21 Å². The van der Waals surface area contributed by atoms with E-state index in [1.807, 2.05) is 44.2 Å². The molecule has 8 nitrogen and oxygen atoms in total. The molecule has 0 radical (unpaired) electrons. The molecule has 2 aliphatic rings. The molecule has 1 aromatic heterocycles. The Morgan fingerprint density at radius 2 is 2.00 bits per heavy atom. The molecular weight excluding hydrogens is 408 g/mol. The summed E-state index contributed by atoms with van der Waals surface area (Å²) in [6.07, 6.45) is 1.21. The Labute approximate surface area is 185 Å². The number of carbonyl (C=O) groups excluding carboxylic acids is 2. The number of quaternary nitrogens is 1. The van der Waals surface area contributed by atoms with Crippen molar-refractivity contribution in [2.75, 3.05) is 6.54 Å². The van der Waals surface area contributed by atoms with Crippen molar-refractivity contribution in [3.63, 3.8) is 0 Å². The molecular formula is C24H26N4O4. The van der Waals surface area contributed by atoms with Gasteiger partial charge in [-0.2, -0.15) is 5.23 Å². The summed E-state index contributed by atoms with van der Waals surface area (Å²) in [4.78, 5) is 33.8. The number of benzene rings is 2. The fourth-order valence-electron chi connectivity index (χ4n) is 5.07. The molecule has 2 aliphatic heterocycles. The number of nitrogens with one attached hydrogen (secondary N) is 2. The molecule has 3 heterocycles. The SMILES string of the molecule is CCC(C)N1CC(=O)N2C(Cc3c([nH]c4ccccc34)C2c2cccc([NH+]([O-])O)c2)C1=O. The van der Waals surface area contributed by atoms with Crippen LogP contribution in [0.1, 0.15) is 43.1 Å². The maximum absolute atomic E-state index is 13.6. The number of rotatable bonds is 4. The first-order valence-corrected chi connectivity index (χ1v) is 10.9. The molecule has 2 aromatic carbocycles. The van der Waals surface area contributed by atoms with Crippen LogP contribution in [0.2, 0.25) is 0 Å². The molecule has 32 heavy (non-hydrogen) atoms. The van der Waals surface area contributed by atoms with E-state index in [0.29, 0.717) is 12.0 Å². The average Bonchev–Trinajstić information content (AvgIpc) is 3.18. The Morgan fingerprint density at radius 1 is 1.22 bits per heavy atom. The van der Waals surface area contributed by atoms with E-state index in [-0.39, 0.29) is 30.1 Å². The highest BCUT2D eigenvalue weighted by molar-refractivity contribution is 5.97. The number of aromatic amines is 1. The number of piperazine rings is 1. The van der Waals surface area contributed by atoms with Crippen LogP contribution in [0.3, 0.4) is 0 Å². The van der Waals surface area contributed by atoms with Crippen molar-refractivity contribution in [1.29, 1.82) is 0 Å². The molecule has 2 amide bonds. The molecule has 4 unspecified atom stereocenters. The first-order chi connectivity index (χ1) is 15.4. The number of hydrogen-bond acceptors (Lipinski definition) is 4. The smallest absolute Gasteiger partial charge is 0.246 e. The summed E-state index contributed by atoms with van der Waals surface area (Å²) in [6, 6.07) is 13.4. The number of nitrogens with zero attached hydrogens (tertiary/aromatic N) is 2. The summed E-state index contributed by atoms with van der Waals surface area (Å²) in [5.41, 5.74) is 3.64. The number of amides is 2. The highest BCUT2D eigenvalue weighted by Gasteiger charge is 2.48. The van der Waals surface area contributed by atoms with E-state index >= 15 is 0 Å². The molecule has 0 aliphatic carbocycles. The Bertz CT molecular complexity index is 1200. The van der Waals surface area contributed by atoms with Gasteiger partial charge in [-0.05, 0) is 30.5 Å². The monoisotopic (exact) mass is 434 g/mol. The number of para-hydroxylation sites is 1. The van der Waals surface area contributed by atoms with Crippen molar-refractivity contribution in [2.45, 2.75) is 44.8 Å². The zero-order valence-electron chi connectivity index (χ0n) is 18.0. The van der Waals surface area contributed by atoms with Crippen LogP contribution in [0.4, 0.5) is 5.69 Å². The van der Waals surface area contributed by atoms with E-state index in [9.17, 15) is 20.0 Å². The second kappa shape index (κ2) is 7.74. The van der Waals surface area contributed by atoms with Gasteiger partial charge in [0.15, 0.2) is 5.69 Å². The fourth-order valence-corrected chi connectivity index (χ4v) is 5.07. The van der Waals surface area contributed by atoms with Crippen LogP contribution in [0.15, 0.2) is 48.5 Å². The third kappa shape index (κ3) is 3.10. The van der Waals surface area contributed by atoms with Crippen molar-refractivity contribution in [2.24, 2.45) is 0 Å². The molecule has 8 heteroatoms. The summed E-state index contributed by atoms with van der Waals surface area (Å²) in [6.45, 7) is 4.01. The lowest BCUT2D eigenvalue weighted by atomic mass is 9.85. The van der Waals surface area contributed by atoms with Crippen molar-refractivity contribution in [1.82, 2.24) is 14.8 Å². The first kappa shape index (κ1) is 20.7. The average molecular weight is 434 g/mol. The predicted molar refractivity (Wildman–Crippen MR) is 118 cm³/mol. The van der Waals surface area contributed by atoms with Gasteiger partial charge in [-0.15, -0.1) is 0 Å². The van der Waals surface area contributed by atoms with Crippen LogP contribution in [-0.4, -0.2) is 50.4 Å². The summed E-state index contributed by atoms with van der Waals surface area (Å²) in [7, 11) is 0. The van der Waals surface area contributed by atoms with Crippen LogP contribution in [0.5, 0.6) is 0 Å². The molecule has 0 spiro atoms. The van der Waals surface area contributed by atoms with Gasteiger partial charge in [0.1, 0.15) is 12.6 Å².